The van der Waals surface area contributed by atoms with Crippen molar-refractivity contribution in [2.45, 2.75) is 19.8 Å². The van der Waals surface area contributed by atoms with Crippen LogP contribution in [-0.4, -0.2) is 31.0 Å². The van der Waals surface area contributed by atoms with Crippen LogP contribution < -0.4 is 10.5 Å². The summed E-state index contributed by atoms with van der Waals surface area (Å²) in [5, 5.41) is 0. The van der Waals surface area contributed by atoms with Gasteiger partial charge in [0.15, 0.2) is 0 Å². The molecule has 1 aliphatic rings. The van der Waals surface area contributed by atoms with Crippen LogP contribution in [0, 0.1) is 5.92 Å². The molecule has 20 heavy (non-hydrogen) atoms. The van der Waals surface area contributed by atoms with E-state index >= 15 is 0 Å². The van der Waals surface area contributed by atoms with Gasteiger partial charge in [0, 0.05) is 19.2 Å². The Balaban J connectivity index is 2.01. The molecule has 0 spiro atoms. The van der Waals surface area contributed by atoms with E-state index in [9.17, 15) is 4.79 Å². The minimum absolute atomic E-state index is 0.0749. The standard InChI is InChI=1S/C16H22N2O2/c1-12-4-3-9-18(11-12)16(19)8-6-13-5-7-15(20-2)14(17)10-13/h5-8,10,12H,3-4,9,11,17H2,1-2H3/b8-6-. The topological polar surface area (TPSA) is 55.6 Å². The minimum Gasteiger partial charge on any atom is -0.495 e. The van der Waals surface area contributed by atoms with E-state index in [1.54, 1.807) is 25.3 Å². The summed E-state index contributed by atoms with van der Waals surface area (Å²) in [7, 11) is 1.59. The van der Waals surface area contributed by atoms with Gasteiger partial charge in [0.2, 0.25) is 5.91 Å². The number of ether oxygens (including phenoxy) is 1. The van der Waals surface area contributed by atoms with Gasteiger partial charge in [-0.3, -0.25) is 4.79 Å². The molecular weight excluding hydrogens is 252 g/mol. The summed E-state index contributed by atoms with van der Waals surface area (Å²) >= 11 is 0. The van der Waals surface area contributed by atoms with Crippen LogP contribution in [0.5, 0.6) is 5.75 Å². The average Bonchev–Trinajstić information content (AvgIpc) is 2.45. The highest BCUT2D eigenvalue weighted by atomic mass is 16.5. The maximum absolute atomic E-state index is 12.1. The first-order chi connectivity index (χ1) is 9.60. The first-order valence-corrected chi connectivity index (χ1v) is 7.00. The van der Waals surface area contributed by atoms with Crippen LogP contribution in [0.15, 0.2) is 24.3 Å². The molecule has 4 heteroatoms. The number of hydrogen-bond donors (Lipinski definition) is 1. The zero-order chi connectivity index (χ0) is 14.5. The quantitative estimate of drug-likeness (QED) is 0.680. The second-order valence-electron chi connectivity index (χ2n) is 5.37. The van der Waals surface area contributed by atoms with E-state index in [-0.39, 0.29) is 5.91 Å². The number of methoxy groups -OCH3 is 1. The number of piperidine rings is 1. The van der Waals surface area contributed by atoms with E-state index in [1.165, 1.54) is 6.42 Å². The van der Waals surface area contributed by atoms with Gasteiger partial charge in [-0.1, -0.05) is 13.0 Å². The molecule has 0 aromatic heterocycles. The molecule has 4 nitrogen and oxygen atoms in total. The number of carbonyl (C=O) groups excluding carboxylic acids is 1. The summed E-state index contributed by atoms with van der Waals surface area (Å²) < 4.78 is 5.11. The predicted molar refractivity (Wildman–Crippen MR) is 81.4 cm³/mol. The van der Waals surface area contributed by atoms with E-state index in [0.717, 1.165) is 25.1 Å². The predicted octanol–water partition coefficient (Wildman–Crippen LogP) is 2.55. The number of benzene rings is 1. The molecule has 108 valence electrons. The second kappa shape index (κ2) is 6.46. The Kier molecular flexibility index (Phi) is 4.66. The largest absolute Gasteiger partial charge is 0.495 e. The molecule has 1 atom stereocenters. The monoisotopic (exact) mass is 274 g/mol. The minimum atomic E-state index is 0.0749. The number of hydrogen-bond acceptors (Lipinski definition) is 3. The molecule has 0 bridgehead atoms. The molecule has 0 aliphatic carbocycles. The molecule has 1 heterocycles. The molecule has 1 aromatic rings. The van der Waals surface area contributed by atoms with Gasteiger partial charge in [0.25, 0.3) is 0 Å². The van der Waals surface area contributed by atoms with Crippen molar-refractivity contribution in [2.75, 3.05) is 25.9 Å². The van der Waals surface area contributed by atoms with Gasteiger partial charge in [0.1, 0.15) is 5.75 Å². The third-order valence-corrected chi connectivity index (χ3v) is 3.64. The number of carbonyl (C=O) groups is 1. The molecule has 1 saturated heterocycles. The zero-order valence-electron chi connectivity index (χ0n) is 12.1. The van der Waals surface area contributed by atoms with Crippen LogP contribution in [0.2, 0.25) is 0 Å². The third-order valence-electron chi connectivity index (χ3n) is 3.64. The Labute approximate surface area is 120 Å². The number of rotatable bonds is 3. The lowest BCUT2D eigenvalue weighted by molar-refractivity contribution is -0.127. The van der Waals surface area contributed by atoms with E-state index in [2.05, 4.69) is 6.92 Å². The van der Waals surface area contributed by atoms with Gasteiger partial charge < -0.3 is 15.4 Å². The van der Waals surface area contributed by atoms with Gasteiger partial charge in [0.05, 0.1) is 12.8 Å². The molecular formula is C16H22N2O2. The van der Waals surface area contributed by atoms with Crippen molar-refractivity contribution in [3.63, 3.8) is 0 Å². The molecule has 1 fully saturated rings. The van der Waals surface area contributed by atoms with Crippen molar-refractivity contribution in [3.05, 3.63) is 29.8 Å². The summed E-state index contributed by atoms with van der Waals surface area (Å²) in [5.41, 5.74) is 7.33. The van der Waals surface area contributed by atoms with Gasteiger partial charge in [-0.15, -0.1) is 0 Å². The number of nitrogens with zero attached hydrogens (tertiary/aromatic N) is 1. The highest BCUT2D eigenvalue weighted by Crippen LogP contribution is 2.22. The van der Waals surface area contributed by atoms with E-state index in [4.69, 9.17) is 10.5 Å². The maximum Gasteiger partial charge on any atom is 0.246 e. The van der Waals surface area contributed by atoms with Crippen molar-refractivity contribution in [2.24, 2.45) is 5.92 Å². The molecule has 1 unspecified atom stereocenters. The molecule has 0 saturated carbocycles. The van der Waals surface area contributed by atoms with Crippen LogP contribution in [0.4, 0.5) is 5.69 Å². The zero-order valence-corrected chi connectivity index (χ0v) is 12.1. The lowest BCUT2D eigenvalue weighted by Crippen LogP contribution is -2.38. The normalized spacial score (nSPS) is 19.3. The third kappa shape index (κ3) is 3.53. The number of nitrogen functional groups attached to an aromatic ring is 1. The second-order valence-corrected chi connectivity index (χ2v) is 5.37. The van der Waals surface area contributed by atoms with Gasteiger partial charge in [-0.2, -0.15) is 0 Å². The number of amides is 1. The lowest BCUT2D eigenvalue weighted by Gasteiger charge is -2.30. The van der Waals surface area contributed by atoms with E-state index < -0.39 is 0 Å². The lowest BCUT2D eigenvalue weighted by atomic mass is 10.0. The fraction of sp³-hybridized carbons (Fsp3) is 0.438. The summed E-state index contributed by atoms with van der Waals surface area (Å²) in [6, 6.07) is 5.50. The first kappa shape index (κ1) is 14.4. The maximum atomic E-state index is 12.1. The first-order valence-electron chi connectivity index (χ1n) is 7.00. The van der Waals surface area contributed by atoms with Crippen LogP contribution in [0.3, 0.4) is 0 Å². The summed E-state index contributed by atoms with van der Waals surface area (Å²) in [5.74, 6) is 1.32. The van der Waals surface area contributed by atoms with Crippen molar-refractivity contribution in [3.8, 4) is 5.75 Å². The highest BCUT2D eigenvalue weighted by molar-refractivity contribution is 5.92. The van der Waals surface area contributed by atoms with Gasteiger partial charge in [-0.05, 0) is 42.5 Å². The smallest absolute Gasteiger partial charge is 0.246 e. The molecule has 0 radical (unpaired) electrons. The Morgan fingerprint density at radius 1 is 1.50 bits per heavy atom. The Hall–Kier alpha value is -1.97. The SMILES string of the molecule is COc1ccc(/C=C\C(=O)N2CCCC(C)C2)cc1N. The van der Waals surface area contributed by atoms with Gasteiger partial charge in [-0.25, -0.2) is 0 Å². The summed E-state index contributed by atoms with van der Waals surface area (Å²) in [4.78, 5) is 14.0. The summed E-state index contributed by atoms with van der Waals surface area (Å²) in [6.07, 6.45) is 5.73. The van der Waals surface area contributed by atoms with Crippen molar-refractivity contribution < 1.29 is 9.53 Å². The van der Waals surface area contributed by atoms with Crippen molar-refractivity contribution in [1.82, 2.24) is 4.90 Å². The molecule has 1 aliphatic heterocycles. The van der Waals surface area contributed by atoms with Crippen LogP contribution in [-0.2, 0) is 4.79 Å². The van der Waals surface area contributed by atoms with Gasteiger partial charge >= 0.3 is 0 Å². The van der Waals surface area contributed by atoms with Crippen LogP contribution in [0.1, 0.15) is 25.3 Å². The molecule has 1 aromatic carbocycles. The Morgan fingerprint density at radius 3 is 2.95 bits per heavy atom. The molecule has 2 N–H and O–H groups in total. The summed E-state index contributed by atoms with van der Waals surface area (Å²) in [6.45, 7) is 3.90. The number of nitrogens with two attached hydrogens (primary N) is 1. The average molecular weight is 274 g/mol. The van der Waals surface area contributed by atoms with E-state index in [0.29, 0.717) is 17.4 Å². The van der Waals surface area contributed by atoms with Crippen LogP contribution in [0.25, 0.3) is 6.08 Å². The molecule has 1 amide bonds. The fourth-order valence-corrected chi connectivity index (χ4v) is 2.52. The highest BCUT2D eigenvalue weighted by Gasteiger charge is 2.18. The fourth-order valence-electron chi connectivity index (χ4n) is 2.52. The van der Waals surface area contributed by atoms with E-state index in [1.807, 2.05) is 17.0 Å². The number of anilines is 1. The Bertz CT molecular complexity index is 511. The van der Waals surface area contributed by atoms with Crippen molar-refractivity contribution >= 4 is 17.7 Å². The molecule has 2 rings (SSSR count). The Morgan fingerprint density at radius 2 is 2.30 bits per heavy atom. The van der Waals surface area contributed by atoms with Crippen molar-refractivity contribution in [1.29, 1.82) is 0 Å². The van der Waals surface area contributed by atoms with Crippen LogP contribution >= 0.6 is 0 Å². The number of likely N-dealkylation sites (tertiary alicyclic amines) is 1.